The molecule has 1 aliphatic rings. The summed E-state index contributed by atoms with van der Waals surface area (Å²) in [6.07, 6.45) is 6.16. The van der Waals surface area contributed by atoms with Crippen LogP contribution in [0, 0.1) is 0 Å². The molecule has 1 saturated heterocycles. The number of hydrogen-bond donors (Lipinski definition) is 0. The third-order valence-corrected chi connectivity index (χ3v) is 3.39. The van der Waals surface area contributed by atoms with Gasteiger partial charge in [-0.1, -0.05) is 20.3 Å². The van der Waals surface area contributed by atoms with Gasteiger partial charge < -0.3 is 9.80 Å². The molecule has 0 N–H and O–H groups in total. The van der Waals surface area contributed by atoms with Gasteiger partial charge in [-0.25, -0.2) is 0 Å². The zero-order chi connectivity index (χ0) is 13.4. The van der Waals surface area contributed by atoms with E-state index in [1.165, 1.54) is 6.42 Å². The van der Waals surface area contributed by atoms with Gasteiger partial charge in [-0.2, -0.15) is 0 Å². The summed E-state index contributed by atoms with van der Waals surface area (Å²) in [5.74, 6) is -0.591. The Labute approximate surface area is 110 Å². The topological polar surface area (TPSA) is 40.6 Å². The number of carbonyl (C=O) groups excluding carboxylic acids is 2. The summed E-state index contributed by atoms with van der Waals surface area (Å²) in [6.45, 7) is 7.04. The molecular weight excluding hydrogens is 228 g/mol. The predicted octanol–water partition coefficient (Wildman–Crippen LogP) is 2.04. The molecule has 2 amide bonds. The zero-order valence-corrected chi connectivity index (χ0v) is 11.8. The van der Waals surface area contributed by atoms with Gasteiger partial charge in [0.05, 0.1) is 0 Å². The van der Waals surface area contributed by atoms with E-state index in [-0.39, 0.29) is 11.8 Å². The molecule has 0 aromatic carbocycles. The lowest BCUT2D eigenvalue weighted by atomic mass is 10.1. The van der Waals surface area contributed by atoms with E-state index in [0.717, 1.165) is 45.2 Å². The van der Waals surface area contributed by atoms with Crippen LogP contribution >= 0.6 is 0 Å². The number of likely N-dealkylation sites (tertiary alicyclic amines) is 1. The minimum atomic E-state index is -0.299. The molecule has 104 valence electrons. The van der Waals surface area contributed by atoms with Crippen LogP contribution in [-0.4, -0.2) is 47.8 Å². The lowest BCUT2D eigenvalue weighted by Gasteiger charge is -2.29. The van der Waals surface area contributed by atoms with Crippen molar-refractivity contribution in [3.8, 4) is 0 Å². The maximum absolute atomic E-state index is 12.2. The van der Waals surface area contributed by atoms with E-state index >= 15 is 0 Å². The van der Waals surface area contributed by atoms with E-state index in [1.54, 1.807) is 9.80 Å². The van der Waals surface area contributed by atoms with Gasteiger partial charge in [0.2, 0.25) is 0 Å². The molecule has 1 rings (SSSR count). The summed E-state index contributed by atoms with van der Waals surface area (Å²) in [7, 11) is 0. The highest BCUT2D eigenvalue weighted by Gasteiger charge is 2.27. The van der Waals surface area contributed by atoms with Crippen molar-refractivity contribution < 1.29 is 9.59 Å². The Hall–Kier alpha value is -1.06. The van der Waals surface area contributed by atoms with Crippen LogP contribution < -0.4 is 0 Å². The highest BCUT2D eigenvalue weighted by atomic mass is 16.2. The molecule has 18 heavy (non-hydrogen) atoms. The van der Waals surface area contributed by atoms with Gasteiger partial charge in [-0.05, 0) is 32.1 Å². The number of piperidine rings is 1. The number of unbranched alkanes of at least 4 members (excludes halogenated alkanes) is 1. The second-order valence-electron chi connectivity index (χ2n) is 5.00. The van der Waals surface area contributed by atoms with Crippen molar-refractivity contribution in [1.29, 1.82) is 0 Å². The van der Waals surface area contributed by atoms with Gasteiger partial charge in [0.1, 0.15) is 0 Å². The minimum absolute atomic E-state index is 0.292. The second-order valence-corrected chi connectivity index (χ2v) is 5.00. The van der Waals surface area contributed by atoms with Gasteiger partial charge in [-0.3, -0.25) is 9.59 Å². The van der Waals surface area contributed by atoms with Crippen molar-refractivity contribution in [3.05, 3.63) is 0 Å². The smallest absolute Gasteiger partial charge is 0.312 e. The molecule has 0 spiro atoms. The van der Waals surface area contributed by atoms with Crippen molar-refractivity contribution in [2.75, 3.05) is 26.2 Å². The molecule has 1 fully saturated rings. The largest absolute Gasteiger partial charge is 0.334 e. The van der Waals surface area contributed by atoms with Gasteiger partial charge in [0.25, 0.3) is 0 Å². The van der Waals surface area contributed by atoms with E-state index in [2.05, 4.69) is 6.92 Å². The van der Waals surface area contributed by atoms with E-state index in [0.29, 0.717) is 13.1 Å². The molecule has 0 bridgehead atoms. The lowest BCUT2D eigenvalue weighted by molar-refractivity contribution is -0.152. The van der Waals surface area contributed by atoms with Crippen molar-refractivity contribution in [1.82, 2.24) is 9.80 Å². The summed E-state index contributed by atoms with van der Waals surface area (Å²) in [6, 6.07) is 0. The molecule has 0 unspecified atom stereocenters. The summed E-state index contributed by atoms with van der Waals surface area (Å²) < 4.78 is 0. The van der Waals surface area contributed by atoms with Gasteiger partial charge in [-0.15, -0.1) is 0 Å². The molecule has 4 heteroatoms. The molecule has 1 heterocycles. The fourth-order valence-corrected chi connectivity index (χ4v) is 2.30. The van der Waals surface area contributed by atoms with Crippen molar-refractivity contribution in [3.63, 3.8) is 0 Å². The Bertz CT molecular complexity index is 273. The number of carbonyl (C=O) groups is 2. The van der Waals surface area contributed by atoms with Crippen molar-refractivity contribution in [2.24, 2.45) is 0 Å². The first-order valence-electron chi connectivity index (χ1n) is 7.28. The molecule has 0 aromatic heterocycles. The van der Waals surface area contributed by atoms with Crippen LogP contribution in [-0.2, 0) is 9.59 Å². The Morgan fingerprint density at radius 3 is 2.22 bits per heavy atom. The maximum atomic E-state index is 12.2. The van der Waals surface area contributed by atoms with Crippen LogP contribution in [0.2, 0.25) is 0 Å². The highest BCUT2D eigenvalue weighted by Crippen LogP contribution is 2.10. The van der Waals surface area contributed by atoms with Crippen LogP contribution in [0.25, 0.3) is 0 Å². The van der Waals surface area contributed by atoms with Crippen molar-refractivity contribution in [2.45, 2.75) is 52.4 Å². The fraction of sp³-hybridized carbons (Fsp3) is 0.857. The summed E-state index contributed by atoms with van der Waals surface area (Å²) >= 11 is 0. The van der Waals surface area contributed by atoms with E-state index < -0.39 is 0 Å². The SMILES string of the molecule is CCCCN(CCC)C(=O)C(=O)N1CCCCC1. The average Bonchev–Trinajstić information content (AvgIpc) is 2.43. The molecule has 1 aliphatic heterocycles. The van der Waals surface area contributed by atoms with Crippen LogP contribution in [0.1, 0.15) is 52.4 Å². The quantitative estimate of drug-likeness (QED) is 0.704. The third-order valence-electron chi connectivity index (χ3n) is 3.39. The van der Waals surface area contributed by atoms with Crippen LogP contribution in [0.5, 0.6) is 0 Å². The Balaban J connectivity index is 2.54. The van der Waals surface area contributed by atoms with Crippen molar-refractivity contribution >= 4 is 11.8 Å². The fourth-order valence-electron chi connectivity index (χ4n) is 2.30. The molecule has 0 atom stereocenters. The number of amides is 2. The summed E-state index contributed by atoms with van der Waals surface area (Å²) in [4.78, 5) is 27.7. The average molecular weight is 254 g/mol. The molecule has 4 nitrogen and oxygen atoms in total. The second kappa shape index (κ2) is 8.11. The first kappa shape index (κ1) is 15.0. The van der Waals surface area contributed by atoms with E-state index in [1.807, 2.05) is 6.92 Å². The number of hydrogen-bond acceptors (Lipinski definition) is 2. The maximum Gasteiger partial charge on any atom is 0.312 e. The molecule has 0 radical (unpaired) electrons. The zero-order valence-electron chi connectivity index (χ0n) is 11.8. The minimum Gasteiger partial charge on any atom is -0.334 e. The third kappa shape index (κ3) is 4.31. The molecular formula is C14H26N2O2. The Morgan fingerprint density at radius 1 is 1.00 bits per heavy atom. The Morgan fingerprint density at radius 2 is 1.67 bits per heavy atom. The number of nitrogens with zero attached hydrogens (tertiary/aromatic N) is 2. The normalized spacial score (nSPS) is 15.6. The van der Waals surface area contributed by atoms with Crippen LogP contribution in [0.15, 0.2) is 0 Å². The van der Waals surface area contributed by atoms with Crippen LogP contribution in [0.3, 0.4) is 0 Å². The standard InChI is InChI=1S/C14H26N2O2/c1-3-5-10-15(9-4-2)13(17)14(18)16-11-7-6-8-12-16/h3-12H2,1-2H3. The summed E-state index contributed by atoms with van der Waals surface area (Å²) in [5, 5.41) is 0. The first-order chi connectivity index (χ1) is 8.70. The van der Waals surface area contributed by atoms with Gasteiger partial charge in [0.15, 0.2) is 0 Å². The first-order valence-corrected chi connectivity index (χ1v) is 7.28. The van der Waals surface area contributed by atoms with E-state index in [9.17, 15) is 9.59 Å². The lowest BCUT2D eigenvalue weighted by Crippen LogP contribution is -2.47. The molecule has 0 aromatic rings. The predicted molar refractivity (Wildman–Crippen MR) is 72.2 cm³/mol. The summed E-state index contributed by atoms with van der Waals surface area (Å²) in [5.41, 5.74) is 0. The molecule has 0 saturated carbocycles. The number of rotatable bonds is 5. The monoisotopic (exact) mass is 254 g/mol. The molecule has 0 aliphatic carbocycles. The van der Waals surface area contributed by atoms with E-state index in [4.69, 9.17) is 0 Å². The Kier molecular flexibility index (Phi) is 6.76. The van der Waals surface area contributed by atoms with Gasteiger partial charge in [0, 0.05) is 26.2 Å². The van der Waals surface area contributed by atoms with Gasteiger partial charge >= 0.3 is 11.8 Å². The highest BCUT2D eigenvalue weighted by molar-refractivity contribution is 6.34. The van der Waals surface area contributed by atoms with Crippen LogP contribution in [0.4, 0.5) is 0 Å².